The lowest BCUT2D eigenvalue weighted by molar-refractivity contribution is -0.137. The van der Waals surface area contributed by atoms with Crippen LogP contribution in [0.1, 0.15) is 38.5 Å². The largest absolute Gasteiger partial charge is 0.481 e. The molecule has 0 aromatic carbocycles. The van der Waals surface area contributed by atoms with Gasteiger partial charge in [-0.05, 0) is 64.2 Å². The Hall–Kier alpha value is -0.610. The van der Waals surface area contributed by atoms with E-state index in [1.807, 2.05) is 0 Å². The Morgan fingerprint density at radius 3 is 2.11 bits per heavy atom. The lowest BCUT2D eigenvalue weighted by Gasteiger charge is -2.32. The van der Waals surface area contributed by atoms with Crippen LogP contribution in [0.3, 0.4) is 0 Å². The molecule has 0 aromatic rings. The van der Waals surface area contributed by atoms with Crippen LogP contribution in [-0.4, -0.2) is 60.1 Å². The molecular formula is C14H26N2O2. The van der Waals surface area contributed by atoms with Gasteiger partial charge in [0.05, 0.1) is 0 Å². The van der Waals surface area contributed by atoms with Gasteiger partial charge in [0, 0.05) is 19.5 Å². The molecule has 0 radical (unpaired) electrons. The fraction of sp³-hybridized carbons (Fsp3) is 0.929. The van der Waals surface area contributed by atoms with Gasteiger partial charge < -0.3 is 14.9 Å². The second-order valence-electron chi connectivity index (χ2n) is 5.77. The van der Waals surface area contributed by atoms with E-state index in [-0.39, 0.29) is 0 Å². The molecule has 2 rings (SSSR count). The number of nitrogens with zero attached hydrogens (tertiary/aromatic N) is 2. The van der Waals surface area contributed by atoms with Gasteiger partial charge in [0.15, 0.2) is 0 Å². The zero-order valence-corrected chi connectivity index (χ0v) is 11.3. The second-order valence-corrected chi connectivity index (χ2v) is 5.77. The molecule has 2 fully saturated rings. The van der Waals surface area contributed by atoms with E-state index in [0.717, 1.165) is 19.5 Å². The summed E-state index contributed by atoms with van der Waals surface area (Å²) in [6.07, 6.45) is 6.34. The Balaban J connectivity index is 1.56. The monoisotopic (exact) mass is 254 g/mol. The highest BCUT2D eigenvalue weighted by molar-refractivity contribution is 5.66. The van der Waals surface area contributed by atoms with Gasteiger partial charge in [-0.2, -0.15) is 0 Å². The quantitative estimate of drug-likeness (QED) is 0.783. The molecule has 104 valence electrons. The second kappa shape index (κ2) is 7.10. The number of likely N-dealkylation sites (tertiary alicyclic amines) is 2. The summed E-state index contributed by atoms with van der Waals surface area (Å²) in [5.41, 5.74) is 0. The Bertz CT molecular complexity index is 257. The molecule has 18 heavy (non-hydrogen) atoms. The average molecular weight is 254 g/mol. The van der Waals surface area contributed by atoms with Crippen LogP contribution < -0.4 is 0 Å². The maximum atomic E-state index is 10.5. The molecule has 0 aliphatic carbocycles. The minimum absolute atomic E-state index is 0.346. The summed E-state index contributed by atoms with van der Waals surface area (Å²) in [7, 11) is 0. The highest BCUT2D eigenvalue weighted by Gasteiger charge is 2.20. The fourth-order valence-corrected chi connectivity index (χ4v) is 3.12. The highest BCUT2D eigenvalue weighted by Crippen LogP contribution is 2.21. The first-order valence-electron chi connectivity index (χ1n) is 7.40. The number of rotatable bonds is 6. The Morgan fingerprint density at radius 2 is 1.56 bits per heavy atom. The van der Waals surface area contributed by atoms with Gasteiger partial charge in [-0.25, -0.2) is 0 Å². The number of piperidine rings is 1. The normalized spacial score (nSPS) is 23.6. The topological polar surface area (TPSA) is 43.8 Å². The number of hydrogen-bond acceptors (Lipinski definition) is 3. The molecule has 2 saturated heterocycles. The summed E-state index contributed by atoms with van der Waals surface area (Å²) in [5.74, 6) is -0.00407. The molecule has 2 aliphatic heterocycles. The molecule has 4 heteroatoms. The standard InChI is InChI=1S/C14H26N2O2/c17-14(18)4-3-13-5-9-16(10-6-13)12-11-15-7-1-2-8-15/h13H,1-12H2,(H,17,18). The molecule has 0 unspecified atom stereocenters. The third-order valence-corrected chi connectivity index (χ3v) is 4.40. The predicted molar refractivity (Wildman–Crippen MR) is 71.7 cm³/mol. The van der Waals surface area contributed by atoms with Crippen LogP contribution in [-0.2, 0) is 4.79 Å². The van der Waals surface area contributed by atoms with Gasteiger partial charge in [-0.3, -0.25) is 4.79 Å². The minimum Gasteiger partial charge on any atom is -0.481 e. The molecule has 2 aliphatic rings. The Morgan fingerprint density at radius 1 is 1.00 bits per heavy atom. The maximum absolute atomic E-state index is 10.5. The molecule has 0 saturated carbocycles. The van der Waals surface area contributed by atoms with Crippen molar-refractivity contribution in [2.45, 2.75) is 38.5 Å². The molecule has 4 nitrogen and oxygen atoms in total. The van der Waals surface area contributed by atoms with Gasteiger partial charge in [0.1, 0.15) is 0 Å². The van der Waals surface area contributed by atoms with E-state index in [0.29, 0.717) is 12.3 Å². The molecule has 2 heterocycles. The number of carbonyl (C=O) groups is 1. The SMILES string of the molecule is O=C(O)CCC1CCN(CCN2CCCC2)CC1. The summed E-state index contributed by atoms with van der Waals surface area (Å²) in [6, 6.07) is 0. The van der Waals surface area contributed by atoms with E-state index in [4.69, 9.17) is 5.11 Å². The Kier molecular flexibility index (Phi) is 5.45. The van der Waals surface area contributed by atoms with E-state index < -0.39 is 5.97 Å². The third-order valence-electron chi connectivity index (χ3n) is 4.40. The van der Waals surface area contributed by atoms with Crippen LogP contribution in [0.25, 0.3) is 0 Å². The van der Waals surface area contributed by atoms with Crippen LogP contribution in [0.15, 0.2) is 0 Å². The summed E-state index contributed by atoms with van der Waals surface area (Å²) in [5, 5.41) is 8.69. The lowest BCUT2D eigenvalue weighted by atomic mass is 9.92. The van der Waals surface area contributed by atoms with Crippen molar-refractivity contribution in [3.8, 4) is 0 Å². The van der Waals surface area contributed by atoms with Crippen molar-refractivity contribution in [2.75, 3.05) is 39.3 Å². The average Bonchev–Trinajstić information content (AvgIpc) is 2.88. The molecule has 0 spiro atoms. The highest BCUT2D eigenvalue weighted by atomic mass is 16.4. The van der Waals surface area contributed by atoms with Gasteiger partial charge in [0.2, 0.25) is 0 Å². The van der Waals surface area contributed by atoms with Crippen LogP contribution in [0, 0.1) is 5.92 Å². The van der Waals surface area contributed by atoms with Crippen molar-refractivity contribution in [1.29, 1.82) is 0 Å². The first kappa shape index (κ1) is 13.8. The van der Waals surface area contributed by atoms with E-state index >= 15 is 0 Å². The zero-order chi connectivity index (χ0) is 12.8. The van der Waals surface area contributed by atoms with Crippen molar-refractivity contribution in [3.05, 3.63) is 0 Å². The predicted octanol–water partition coefficient (Wildman–Crippen LogP) is 1.66. The molecular weight excluding hydrogens is 228 g/mol. The van der Waals surface area contributed by atoms with Crippen molar-refractivity contribution < 1.29 is 9.90 Å². The van der Waals surface area contributed by atoms with Gasteiger partial charge >= 0.3 is 5.97 Å². The number of hydrogen-bond donors (Lipinski definition) is 1. The van der Waals surface area contributed by atoms with Crippen molar-refractivity contribution in [3.63, 3.8) is 0 Å². The summed E-state index contributed by atoms with van der Waals surface area (Å²) >= 11 is 0. The molecule has 0 aromatic heterocycles. The van der Waals surface area contributed by atoms with Crippen molar-refractivity contribution in [2.24, 2.45) is 5.92 Å². The Labute approximate surface area is 110 Å². The first-order valence-corrected chi connectivity index (χ1v) is 7.40. The van der Waals surface area contributed by atoms with Gasteiger partial charge in [0.25, 0.3) is 0 Å². The summed E-state index contributed by atoms with van der Waals surface area (Å²) in [6.45, 7) is 7.33. The first-order chi connectivity index (χ1) is 8.74. The van der Waals surface area contributed by atoms with E-state index in [2.05, 4.69) is 9.80 Å². The molecule has 0 bridgehead atoms. The molecule has 0 amide bonds. The van der Waals surface area contributed by atoms with Gasteiger partial charge in [-0.1, -0.05) is 0 Å². The van der Waals surface area contributed by atoms with Crippen LogP contribution >= 0.6 is 0 Å². The van der Waals surface area contributed by atoms with E-state index in [9.17, 15) is 4.79 Å². The number of aliphatic carboxylic acids is 1. The van der Waals surface area contributed by atoms with Crippen molar-refractivity contribution in [1.82, 2.24) is 9.80 Å². The molecule has 1 N–H and O–H groups in total. The van der Waals surface area contributed by atoms with Gasteiger partial charge in [-0.15, -0.1) is 0 Å². The van der Waals surface area contributed by atoms with Crippen LogP contribution in [0.4, 0.5) is 0 Å². The summed E-state index contributed by atoms with van der Waals surface area (Å²) < 4.78 is 0. The van der Waals surface area contributed by atoms with Crippen LogP contribution in [0.2, 0.25) is 0 Å². The smallest absolute Gasteiger partial charge is 0.303 e. The number of carboxylic acids is 1. The minimum atomic E-state index is -0.647. The van der Waals surface area contributed by atoms with E-state index in [1.54, 1.807) is 0 Å². The van der Waals surface area contributed by atoms with Crippen LogP contribution in [0.5, 0.6) is 0 Å². The number of carboxylic acid groups (broad SMARTS) is 1. The van der Waals surface area contributed by atoms with E-state index in [1.165, 1.54) is 51.9 Å². The maximum Gasteiger partial charge on any atom is 0.303 e. The zero-order valence-electron chi connectivity index (χ0n) is 11.3. The summed E-state index contributed by atoms with van der Waals surface area (Å²) in [4.78, 5) is 15.7. The fourth-order valence-electron chi connectivity index (χ4n) is 3.12. The van der Waals surface area contributed by atoms with Crippen molar-refractivity contribution >= 4 is 5.97 Å². The lowest BCUT2D eigenvalue weighted by Crippen LogP contribution is -2.39. The molecule has 0 atom stereocenters. The third kappa shape index (κ3) is 4.58.